The monoisotopic (exact) mass is 144 g/mol. The van der Waals surface area contributed by atoms with Crippen LogP contribution < -0.4 is 0 Å². The van der Waals surface area contributed by atoms with E-state index < -0.39 is 12.8 Å². The van der Waals surface area contributed by atoms with Gasteiger partial charge in [-0.25, -0.2) is 0 Å². The summed E-state index contributed by atoms with van der Waals surface area (Å²) in [6.07, 6.45) is -4.27. The molecule has 0 bridgehead atoms. The fraction of sp³-hybridized carbons (Fsp3) is 0.667. The summed E-state index contributed by atoms with van der Waals surface area (Å²) in [5.41, 5.74) is 0.591. The Bertz CT molecular complexity index is 79.1. The van der Waals surface area contributed by atoms with Crippen molar-refractivity contribution in [3.63, 3.8) is 0 Å². The first-order valence-corrected chi connectivity index (χ1v) is 2.15. The van der Waals surface area contributed by atoms with Crippen LogP contribution in [0.2, 0.25) is 0 Å². The maximum Gasteiger partial charge on any atom is 0.422 e. The fourth-order valence-corrected chi connectivity index (χ4v) is 0.197. The molecule has 0 unspecified atom stereocenters. The SMILES string of the molecule is FC(F)(F)COC=S. The molecule has 8 heavy (non-hydrogen) atoms. The molecular weight excluding hydrogens is 141 g/mol. The van der Waals surface area contributed by atoms with Crippen LogP contribution in [0.3, 0.4) is 0 Å². The Labute approximate surface area is 49.4 Å². The number of alkyl halides is 3. The molecule has 1 nitrogen and oxygen atoms in total. The fourth-order valence-electron chi connectivity index (χ4n) is 0.129. The Hall–Kier alpha value is -0.320. The van der Waals surface area contributed by atoms with Gasteiger partial charge in [0.1, 0.15) is 5.55 Å². The van der Waals surface area contributed by atoms with Crippen molar-refractivity contribution < 1.29 is 17.9 Å². The molecule has 0 radical (unpaired) electrons. The van der Waals surface area contributed by atoms with E-state index in [2.05, 4.69) is 17.0 Å². The van der Waals surface area contributed by atoms with Crippen LogP contribution in [-0.4, -0.2) is 18.3 Å². The molecule has 0 aromatic heterocycles. The second kappa shape index (κ2) is 2.86. The van der Waals surface area contributed by atoms with Crippen LogP contribution in [0.4, 0.5) is 13.2 Å². The zero-order valence-corrected chi connectivity index (χ0v) is 4.55. The van der Waals surface area contributed by atoms with Crippen LogP contribution >= 0.6 is 12.2 Å². The molecule has 0 aliphatic rings. The van der Waals surface area contributed by atoms with Crippen molar-refractivity contribution in [1.29, 1.82) is 0 Å². The molecule has 0 N–H and O–H groups in total. The van der Waals surface area contributed by atoms with Gasteiger partial charge in [-0.3, -0.25) is 0 Å². The van der Waals surface area contributed by atoms with Gasteiger partial charge >= 0.3 is 6.18 Å². The van der Waals surface area contributed by atoms with Gasteiger partial charge in [0.15, 0.2) is 6.61 Å². The number of thiocarbonyl (C=S) groups is 1. The highest BCUT2D eigenvalue weighted by Crippen LogP contribution is 2.13. The van der Waals surface area contributed by atoms with Crippen molar-refractivity contribution >= 4 is 17.8 Å². The summed E-state index contributed by atoms with van der Waals surface area (Å²) in [7, 11) is 0. The molecule has 0 heterocycles. The van der Waals surface area contributed by atoms with Crippen LogP contribution in [0.15, 0.2) is 0 Å². The zero-order valence-electron chi connectivity index (χ0n) is 3.73. The molecular formula is C3H3F3OS. The van der Waals surface area contributed by atoms with Gasteiger partial charge in [0.25, 0.3) is 0 Å². The van der Waals surface area contributed by atoms with Crippen molar-refractivity contribution in [2.75, 3.05) is 6.61 Å². The molecule has 0 saturated carbocycles. The van der Waals surface area contributed by atoms with Gasteiger partial charge < -0.3 is 4.74 Å². The Morgan fingerprint density at radius 3 is 2.12 bits per heavy atom. The van der Waals surface area contributed by atoms with Crippen molar-refractivity contribution in [3.8, 4) is 0 Å². The lowest BCUT2D eigenvalue weighted by molar-refractivity contribution is -0.154. The zero-order chi connectivity index (χ0) is 6.62. The summed E-state index contributed by atoms with van der Waals surface area (Å²) in [4.78, 5) is 0. The first kappa shape index (κ1) is 7.68. The molecule has 0 rings (SSSR count). The molecule has 0 saturated heterocycles. The molecule has 0 atom stereocenters. The summed E-state index contributed by atoms with van der Waals surface area (Å²) < 4.78 is 36.9. The first-order valence-electron chi connectivity index (χ1n) is 1.68. The lowest BCUT2D eigenvalue weighted by Gasteiger charge is -2.02. The summed E-state index contributed by atoms with van der Waals surface area (Å²) in [5, 5.41) is 0. The summed E-state index contributed by atoms with van der Waals surface area (Å²) >= 11 is 3.97. The van der Waals surface area contributed by atoms with Crippen LogP contribution in [0.25, 0.3) is 0 Å². The predicted molar refractivity (Wildman–Crippen MR) is 25.7 cm³/mol. The van der Waals surface area contributed by atoms with Gasteiger partial charge in [-0.2, -0.15) is 13.2 Å². The van der Waals surface area contributed by atoms with Crippen molar-refractivity contribution in [2.24, 2.45) is 0 Å². The lowest BCUT2D eigenvalue weighted by atomic mass is 10.7. The van der Waals surface area contributed by atoms with E-state index in [1.165, 1.54) is 0 Å². The van der Waals surface area contributed by atoms with E-state index in [1.54, 1.807) is 0 Å². The van der Waals surface area contributed by atoms with Gasteiger partial charge in [-0.1, -0.05) is 0 Å². The summed E-state index contributed by atoms with van der Waals surface area (Å²) in [5.74, 6) is 0. The predicted octanol–water partition coefficient (Wildman–Crippen LogP) is 1.52. The molecule has 0 spiro atoms. The Morgan fingerprint density at radius 1 is 1.50 bits per heavy atom. The molecule has 5 heteroatoms. The van der Waals surface area contributed by atoms with Gasteiger partial charge in [-0.05, 0) is 12.2 Å². The highest BCUT2D eigenvalue weighted by atomic mass is 32.1. The smallest absolute Gasteiger partial charge is 0.422 e. The van der Waals surface area contributed by atoms with E-state index >= 15 is 0 Å². The van der Waals surface area contributed by atoms with Crippen molar-refractivity contribution in [3.05, 3.63) is 0 Å². The number of halogens is 3. The average molecular weight is 144 g/mol. The molecule has 0 amide bonds. The number of hydrogen-bond donors (Lipinski definition) is 0. The van der Waals surface area contributed by atoms with Gasteiger partial charge in [0.2, 0.25) is 0 Å². The van der Waals surface area contributed by atoms with Crippen LogP contribution in [-0.2, 0) is 4.74 Å². The Kier molecular flexibility index (Phi) is 2.75. The number of ether oxygens (including phenoxy) is 1. The maximum absolute atomic E-state index is 11.1. The minimum absolute atomic E-state index is 0.591. The quantitative estimate of drug-likeness (QED) is 0.543. The average Bonchev–Trinajstić information content (AvgIpc) is 1.59. The minimum Gasteiger partial charge on any atom is -0.480 e. The van der Waals surface area contributed by atoms with Crippen LogP contribution in [0.5, 0.6) is 0 Å². The second-order valence-corrected chi connectivity index (χ2v) is 1.21. The first-order chi connectivity index (χ1) is 3.56. The molecule has 0 aliphatic carbocycles. The van der Waals surface area contributed by atoms with Crippen LogP contribution in [0.1, 0.15) is 0 Å². The van der Waals surface area contributed by atoms with Crippen molar-refractivity contribution in [1.82, 2.24) is 0 Å². The third kappa shape index (κ3) is 5.68. The van der Waals surface area contributed by atoms with E-state index in [0.717, 1.165) is 0 Å². The van der Waals surface area contributed by atoms with E-state index in [9.17, 15) is 13.2 Å². The second-order valence-electron chi connectivity index (χ2n) is 1.02. The maximum atomic E-state index is 11.1. The van der Waals surface area contributed by atoms with E-state index in [-0.39, 0.29) is 0 Å². The highest BCUT2D eigenvalue weighted by molar-refractivity contribution is 7.78. The van der Waals surface area contributed by atoms with Gasteiger partial charge in [0.05, 0.1) is 0 Å². The van der Waals surface area contributed by atoms with Crippen LogP contribution in [0, 0.1) is 0 Å². The number of hydrogen-bond acceptors (Lipinski definition) is 2. The third-order valence-corrected chi connectivity index (χ3v) is 0.451. The molecule has 48 valence electrons. The molecule has 0 aliphatic heterocycles. The Morgan fingerprint density at radius 2 is 2.00 bits per heavy atom. The standard InChI is InChI=1S/C3H3F3OS/c4-3(5,6)1-7-2-8/h2H,1H2. The number of rotatable bonds is 2. The summed E-state index contributed by atoms with van der Waals surface area (Å²) in [6, 6.07) is 0. The minimum atomic E-state index is -4.27. The van der Waals surface area contributed by atoms with Gasteiger partial charge in [-0.15, -0.1) is 0 Å². The van der Waals surface area contributed by atoms with Crippen molar-refractivity contribution in [2.45, 2.75) is 6.18 Å². The van der Waals surface area contributed by atoms with E-state index in [1.807, 2.05) is 0 Å². The molecule has 0 fully saturated rings. The van der Waals surface area contributed by atoms with E-state index in [0.29, 0.717) is 5.55 Å². The summed E-state index contributed by atoms with van der Waals surface area (Å²) in [6.45, 7) is -1.30. The van der Waals surface area contributed by atoms with Gasteiger partial charge in [0, 0.05) is 0 Å². The van der Waals surface area contributed by atoms with E-state index in [4.69, 9.17) is 0 Å². The normalized spacial score (nSPS) is 10.9. The molecule has 0 aromatic carbocycles. The topological polar surface area (TPSA) is 9.23 Å². The Balaban J connectivity index is 3.24. The third-order valence-electron chi connectivity index (χ3n) is 0.315. The molecule has 0 aromatic rings. The largest absolute Gasteiger partial charge is 0.480 e. The highest BCUT2D eigenvalue weighted by Gasteiger charge is 2.27. The lowest BCUT2D eigenvalue weighted by Crippen LogP contribution is -2.15.